The van der Waals surface area contributed by atoms with Crippen molar-refractivity contribution in [3.8, 4) is 28.6 Å². The molecular formula is C23H15F4IrN7-2. The molecule has 7 nitrogen and oxygen atoms in total. The predicted molar refractivity (Wildman–Crippen MR) is 114 cm³/mol. The van der Waals surface area contributed by atoms with E-state index in [1.165, 1.54) is 24.4 Å². The van der Waals surface area contributed by atoms with Gasteiger partial charge in [-0.25, -0.2) is 0 Å². The van der Waals surface area contributed by atoms with Crippen molar-refractivity contribution < 1.29 is 37.7 Å². The largest absolute Gasteiger partial charge is 0.429 e. The standard InChI is InChI=1S/C15H11FN3.C8H4F3N4.Ir/c1-11-17-18-15(12-7-9-13(16)10-8-12)19(11)14-5-3-2-4-6-14;9-8(10,11)7-13-6(14-15-7)5-3-1-2-4-12-5;/h2-7,9-10H,1H3;1-4H;/q2*-1;. The minimum atomic E-state index is -4.57. The van der Waals surface area contributed by atoms with E-state index >= 15 is 0 Å². The van der Waals surface area contributed by atoms with E-state index in [1.54, 1.807) is 18.2 Å². The summed E-state index contributed by atoms with van der Waals surface area (Å²) < 4.78 is 51.3. The molecule has 3 heterocycles. The molecule has 0 fully saturated rings. The maximum Gasteiger partial charge on any atom is 0.429 e. The summed E-state index contributed by atoms with van der Waals surface area (Å²) in [4.78, 5) is 7.05. The number of pyridine rings is 1. The van der Waals surface area contributed by atoms with Crippen molar-refractivity contribution in [1.29, 1.82) is 0 Å². The SMILES string of the molecule is Cc1nnc(-c2[c-]cc(F)cc2)n1-c1ccccc1.FC(F)(F)c1n[n-]c(-c2ccccn2)n1.[Ir]. The first kappa shape index (κ1) is 25.9. The molecule has 35 heavy (non-hydrogen) atoms. The first-order valence-electron chi connectivity index (χ1n) is 9.84. The van der Waals surface area contributed by atoms with E-state index in [0.717, 1.165) is 11.5 Å². The molecule has 5 rings (SSSR count). The summed E-state index contributed by atoms with van der Waals surface area (Å²) in [6, 6.07) is 21.8. The monoisotopic (exact) mass is 658 g/mol. The molecule has 0 saturated carbocycles. The van der Waals surface area contributed by atoms with Crippen LogP contribution in [-0.2, 0) is 26.3 Å². The summed E-state index contributed by atoms with van der Waals surface area (Å²) in [5.41, 5.74) is 1.95. The van der Waals surface area contributed by atoms with Gasteiger partial charge in [-0.3, -0.25) is 14.5 Å². The van der Waals surface area contributed by atoms with E-state index in [-0.39, 0.29) is 37.4 Å². The van der Waals surface area contributed by atoms with Gasteiger partial charge in [0.05, 0.1) is 11.5 Å². The Labute approximate surface area is 210 Å². The second-order valence-electron chi connectivity index (χ2n) is 6.83. The van der Waals surface area contributed by atoms with E-state index in [1.807, 2.05) is 41.8 Å². The maximum atomic E-state index is 13.0. The minimum absolute atomic E-state index is 0. The Bertz CT molecular complexity index is 1350. The fourth-order valence-electron chi connectivity index (χ4n) is 2.93. The van der Waals surface area contributed by atoms with Crippen molar-refractivity contribution in [2.45, 2.75) is 13.1 Å². The van der Waals surface area contributed by atoms with Crippen molar-refractivity contribution >= 4 is 0 Å². The average molecular weight is 658 g/mol. The Balaban J connectivity index is 0.000000195. The normalized spacial score (nSPS) is 10.8. The van der Waals surface area contributed by atoms with Crippen LogP contribution in [0.15, 0.2) is 72.9 Å². The number of benzene rings is 2. The van der Waals surface area contributed by atoms with E-state index in [0.29, 0.717) is 11.4 Å². The van der Waals surface area contributed by atoms with Crippen molar-refractivity contribution in [2.24, 2.45) is 0 Å². The van der Waals surface area contributed by atoms with E-state index in [2.05, 4.69) is 36.4 Å². The molecule has 0 spiro atoms. The third-order valence-electron chi connectivity index (χ3n) is 4.45. The molecule has 1 radical (unpaired) electrons. The molecule has 0 aliphatic carbocycles. The summed E-state index contributed by atoms with van der Waals surface area (Å²) in [5.74, 6) is -0.250. The van der Waals surface area contributed by atoms with Gasteiger partial charge < -0.3 is 14.6 Å². The summed E-state index contributed by atoms with van der Waals surface area (Å²) in [6.07, 6.45) is -3.13. The van der Waals surface area contributed by atoms with Crippen LogP contribution in [0.25, 0.3) is 28.6 Å². The summed E-state index contributed by atoms with van der Waals surface area (Å²) in [5, 5.41) is 14.5. The van der Waals surface area contributed by atoms with Crippen LogP contribution in [0, 0.1) is 18.8 Å². The van der Waals surface area contributed by atoms with E-state index in [4.69, 9.17) is 0 Å². The van der Waals surface area contributed by atoms with Crippen LogP contribution in [0.2, 0.25) is 0 Å². The van der Waals surface area contributed by atoms with Gasteiger partial charge in [0.25, 0.3) is 0 Å². The van der Waals surface area contributed by atoms with Gasteiger partial charge in [-0.15, -0.1) is 34.9 Å². The second-order valence-corrected chi connectivity index (χ2v) is 6.83. The Hall–Kier alpha value is -3.76. The molecule has 0 N–H and O–H groups in total. The number of alkyl halides is 3. The molecule has 0 aliphatic rings. The molecule has 0 unspecified atom stereocenters. The van der Waals surface area contributed by atoms with Crippen LogP contribution in [0.5, 0.6) is 0 Å². The topological polar surface area (TPSA) is 83.5 Å². The molecule has 181 valence electrons. The zero-order valence-corrected chi connectivity index (χ0v) is 20.3. The number of halogens is 4. The molecule has 3 aromatic heterocycles. The number of rotatable bonds is 3. The van der Waals surface area contributed by atoms with Crippen molar-refractivity contribution in [3.05, 3.63) is 96.5 Å². The molecule has 2 aromatic carbocycles. The van der Waals surface area contributed by atoms with Crippen LogP contribution in [0.4, 0.5) is 17.6 Å². The molecular weight excluding hydrogens is 643 g/mol. The summed E-state index contributed by atoms with van der Waals surface area (Å²) >= 11 is 0. The molecule has 12 heteroatoms. The predicted octanol–water partition coefficient (Wildman–Crippen LogP) is 4.69. The maximum absolute atomic E-state index is 13.0. The molecule has 0 saturated heterocycles. The Morgan fingerprint density at radius 3 is 2.29 bits per heavy atom. The zero-order valence-electron chi connectivity index (χ0n) is 17.9. The van der Waals surface area contributed by atoms with Crippen molar-refractivity contribution in [3.63, 3.8) is 0 Å². The number of hydrogen-bond donors (Lipinski definition) is 0. The van der Waals surface area contributed by atoms with Gasteiger partial charge in [0, 0.05) is 37.8 Å². The average Bonchev–Trinajstić information content (AvgIpc) is 3.49. The van der Waals surface area contributed by atoms with Crippen LogP contribution in [-0.4, -0.2) is 29.8 Å². The van der Waals surface area contributed by atoms with Crippen LogP contribution in [0.3, 0.4) is 0 Å². The van der Waals surface area contributed by atoms with Gasteiger partial charge in [-0.05, 0) is 37.0 Å². The second kappa shape index (κ2) is 11.1. The molecule has 0 amide bonds. The minimum Gasteiger partial charge on any atom is -0.413 e. The van der Waals surface area contributed by atoms with Gasteiger partial charge in [-0.1, -0.05) is 24.3 Å². The number of aromatic nitrogens is 7. The van der Waals surface area contributed by atoms with E-state index in [9.17, 15) is 17.6 Å². The van der Waals surface area contributed by atoms with Crippen molar-refractivity contribution in [1.82, 2.24) is 34.9 Å². The quantitative estimate of drug-likeness (QED) is 0.207. The van der Waals surface area contributed by atoms with E-state index < -0.39 is 12.0 Å². The first-order valence-corrected chi connectivity index (χ1v) is 9.84. The number of nitrogens with zero attached hydrogens (tertiary/aromatic N) is 7. The number of para-hydroxylation sites is 1. The summed E-state index contributed by atoms with van der Waals surface area (Å²) in [7, 11) is 0. The van der Waals surface area contributed by atoms with Crippen LogP contribution in [0.1, 0.15) is 11.6 Å². The smallest absolute Gasteiger partial charge is 0.413 e. The third kappa shape index (κ3) is 6.23. The Morgan fingerprint density at radius 2 is 1.69 bits per heavy atom. The first-order chi connectivity index (χ1) is 16.3. The fourth-order valence-corrected chi connectivity index (χ4v) is 2.93. The molecule has 0 aliphatic heterocycles. The van der Waals surface area contributed by atoms with Gasteiger partial charge >= 0.3 is 6.18 Å². The zero-order chi connectivity index (χ0) is 24.1. The summed E-state index contributed by atoms with van der Waals surface area (Å²) in [6.45, 7) is 1.88. The Morgan fingerprint density at radius 1 is 0.943 bits per heavy atom. The Kier molecular flexibility index (Phi) is 8.21. The van der Waals surface area contributed by atoms with Crippen LogP contribution < -0.4 is 5.10 Å². The third-order valence-corrected chi connectivity index (χ3v) is 4.45. The van der Waals surface area contributed by atoms with Crippen molar-refractivity contribution in [2.75, 3.05) is 0 Å². The van der Waals surface area contributed by atoms with Gasteiger partial charge in [0.15, 0.2) is 0 Å². The number of aryl methyl sites for hydroxylation is 1. The van der Waals surface area contributed by atoms with Gasteiger partial charge in [0.2, 0.25) is 0 Å². The molecule has 5 aromatic rings. The fraction of sp³-hybridized carbons (Fsp3) is 0.0870. The molecule has 0 atom stereocenters. The number of hydrogen-bond acceptors (Lipinski definition) is 5. The van der Waals surface area contributed by atoms with Crippen LogP contribution >= 0.6 is 0 Å². The molecule has 0 bridgehead atoms. The van der Waals surface area contributed by atoms with Gasteiger partial charge in [-0.2, -0.15) is 18.3 Å². The van der Waals surface area contributed by atoms with Gasteiger partial charge in [0.1, 0.15) is 11.6 Å².